The van der Waals surface area contributed by atoms with E-state index >= 15 is 0 Å². The highest BCUT2D eigenvalue weighted by atomic mass is 32.2. The molecular weight excluding hydrogens is 324 g/mol. The van der Waals surface area contributed by atoms with Crippen molar-refractivity contribution in [2.75, 3.05) is 18.1 Å². The number of carbonyl (C=O) groups is 2. The van der Waals surface area contributed by atoms with Gasteiger partial charge in [-0.1, -0.05) is 36.4 Å². The Hall–Kier alpha value is -2.34. The van der Waals surface area contributed by atoms with E-state index in [1.807, 2.05) is 42.5 Å². The minimum atomic E-state index is -0.907. The molecule has 126 valence electrons. The number of rotatable bonds is 9. The van der Waals surface area contributed by atoms with Gasteiger partial charge in [0.25, 0.3) is 0 Å². The Morgan fingerprint density at radius 2 is 1.79 bits per heavy atom. The Bertz CT molecular complexity index is 650. The van der Waals surface area contributed by atoms with E-state index in [0.29, 0.717) is 13.1 Å². The lowest BCUT2D eigenvalue weighted by molar-refractivity contribution is -0.133. The van der Waals surface area contributed by atoms with Gasteiger partial charge in [0, 0.05) is 25.5 Å². The number of thioether (sulfide) groups is 1. The van der Waals surface area contributed by atoms with Crippen molar-refractivity contribution in [2.45, 2.75) is 13.0 Å². The fraction of sp³-hybridized carbons (Fsp3) is 0.278. The van der Waals surface area contributed by atoms with Crippen LogP contribution in [0, 0.1) is 0 Å². The molecule has 0 unspecified atom stereocenters. The fourth-order valence-electron chi connectivity index (χ4n) is 2.23. The normalized spacial score (nSPS) is 10.3. The Morgan fingerprint density at radius 3 is 2.46 bits per heavy atom. The van der Waals surface area contributed by atoms with Gasteiger partial charge in [-0.15, -0.1) is 11.8 Å². The lowest BCUT2D eigenvalue weighted by Crippen LogP contribution is -2.34. The van der Waals surface area contributed by atoms with Crippen molar-refractivity contribution in [3.05, 3.63) is 66.0 Å². The van der Waals surface area contributed by atoms with Crippen molar-refractivity contribution in [3.63, 3.8) is 0 Å². The second-order valence-electron chi connectivity index (χ2n) is 5.30. The summed E-state index contributed by atoms with van der Waals surface area (Å²) in [5, 5.41) is 8.70. The average molecular weight is 344 g/mol. The summed E-state index contributed by atoms with van der Waals surface area (Å²) in [6.07, 6.45) is 4.20. The van der Waals surface area contributed by atoms with E-state index in [9.17, 15) is 9.59 Å². The summed E-state index contributed by atoms with van der Waals surface area (Å²) in [5.41, 5.74) is 2.13. The van der Waals surface area contributed by atoms with Crippen LogP contribution in [0.1, 0.15) is 11.1 Å². The number of aliphatic carboxylic acids is 1. The van der Waals surface area contributed by atoms with Gasteiger partial charge < -0.3 is 10.0 Å². The molecule has 2 aromatic rings. The summed E-state index contributed by atoms with van der Waals surface area (Å²) in [6, 6.07) is 13.8. The molecule has 0 atom stereocenters. The molecule has 0 aliphatic carbocycles. The molecule has 1 N–H and O–H groups in total. The second-order valence-corrected chi connectivity index (χ2v) is 6.28. The third-order valence-corrected chi connectivity index (χ3v) is 4.32. The van der Waals surface area contributed by atoms with Crippen molar-refractivity contribution in [1.82, 2.24) is 9.88 Å². The molecule has 1 heterocycles. The van der Waals surface area contributed by atoms with E-state index in [1.165, 1.54) is 5.56 Å². The zero-order valence-corrected chi connectivity index (χ0v) is 14.1. The first-order valence-corrected chi connectivity index (χ1v) is 8.81. The maximum absolute atomic E-state index is 12.4. The molecule has 2 rings (SSSR count). The predicted molar refractivity (Wildman–Crippen MR) is 94.8 cm³/mol. The molecule has 0 aliphatic rings. The number of aromatic nitrogens is 1. The maximum atomic E-state index is 12.4. The van der Waals surface area contributed by atoms with Gasteiger partial charge in [-0.25, -0.2) is 0 Å². The number of amides is 1. The quantitative estimate of drug-likeness (QED) is 0.757. The first-order chi connectivity index (χ1) is 11.6. The summed E-state index contributed by atoms with van der Waals surface area (Å²) >= 11 is 1.12. The van der Waals surface area contributed by atoms with Crippen LogP contribution in [-0.2, 0) is 22.6 Å². The summed E-state index contributed by atoms with van der Waals surface area (Å²) in [5.74, 6) is -0.857. The molecule has 0 bridgehead atoms. The van der Waals surface area contributed by atoms with Crippen LogP contribution in [-0.4, -0.2) is 44.9 Å². The van der Waals surface area contributed by atoms with E-state index in [2.05, 4.69) is 4.98 Å². The van der Waals surface area contributed by atoms with Crippen LogP contribution in [0.15, 0.2) is 54.9 Å². The number of nitrogens with zero attached hydrogens (tertiary/aromatic N) is 2. The van der Waals surface area contributed by atoms with Gasteiger partial charge in [0.05, 0.1) is 11.5 Å². The molecule has 1 aromatic carbocycles. The Kier molecular flexibility index (Phi) is 7.29. The van der Waals surface area contributed by atoms with Crippen molar-refractivity contribution < 1.29 is 14.7 Å². The van der Waals surface area contributed by atoms with E-state index in [0.717, 1.165) is 23.7 Å². The molecule has 1 amide bonds. The van der Waals surface area contributed by atoms with Crippen LogP contribution in [0.25, 0.3) is 0 Å². The van der Waals surface area contributed by atoms with E-state index < -0.39 is 5.97 Å². The monoisotopic (exact) mass is 344 g/mol. The third kappa shape index (κ3) is 6.42. The molecule has 0 radical (unpaired) electrons. The number of carbonyl (C=O) groups excluding carboxylic acids is 1. The molecule has 0 aliphatic heterocycles. The molecule has 0 saturated carbocycles. The zero-order chi connectivity index (χ0) is 17.2. The largest absolute Gasteiger partial charge is 0.481 e. The molecule has 1 aromatic heterocycles. The zero-order valence-electron chi connectivity index (χ0n) is 13.3. The molecule has 6 heteroatoms. The van der Waals surface area contributed by atoms with Gasteiger partial charge >= 0.3 is 5.97 Å². The van der Waals surface area contributed by atoms with Crippen LogP contribution in [0.2, 0.25) is 0 Å². The van der Waals surface area contributed by atoms with Gasteiger partial charge in [0.15, 0.2) is 0 Å². The molecular formula is C18H20N2O3S. The highest BCUT2D eigenvalue weighted by Gasteiger charge is 2.15. The van der Waals surface area contributed by atoms with Gasteiger partial charge in [-0.3, -0.25) is 14.6 Å². The summed E-state index contributed by atoms with van der Waals surface area (Å²) in [6.45, 7) is 1.07. The Morgan fingerprint density at radius 1 is 1.04 bits per heavy atom. The maximum Gasteiger partial charge on any atom is 0.313 e. The van der Waals surface area contributed by atoms with Gasteiger partial charge in [0.2, 0.25) is 5.91 Å². The van der Waals surface area contributed by atoms with Crippen molar-refractivity contribution >= 4 is 23.6 Å². The number of carboxylic acid groups (broad SMARTS) is 1. The summed E-state index contributed by atoms with van der Waals surface area (Å²) in [4.78, 5) is 28.9. The minimum Gasteiger partial charge on any atom is -0.481 e. The van der Waals surface area contributed by atoms with E-state index in [4.69, 9.17) is 5.11 Å². The standard InChI is InChI=1S/C18H20N2O3S/c21-17(13-24-14-18(22)23)20(12-16-7-4-9-19-11-16)10-8-15-5-2-1-3-6-15/h1-7,9,11H,8,10,12-14H2,(H,22,23). The molecule has 0 saturated heterocycles. The first-order valence-electron chi connectivity index (χ1n) is 7.65. The lowest BCUT2D eigenvalue weighted by Gasteiger charge is -2.22. The SMILES string of the molecule is O=C(O)CSCC(=O)N(CCc1ccccc1)Cc1cccnc1. The predicted octanol–water partition coefficient (Wildman–Crippen LogP) is 2.47. The van der Waals surface area contributed by atoms with Crippen molar-refractivity contribution in [1.29, 1.82) is 0 Å². The minimum absolute atomic E-state index is 0.0546. The number of benzene rings is 1. The van der Waals surface area contributed by atoms with E-state index in [-0.39, 0.29) is 17.4 Å². The molecule has 5 nitrogen and oxygen atoms in total. The molecule has 0 fully saturated rings. The number of pyridine rings is 1. The van der Waals surface area contributed by atoms with Gasteiger partial charge in [0.1, 0.15) is 0 Å². The molecule has 0 spiro atoms. The van der Waals surface area contributed by atoms with Gasteiger partial charge in [-0.2, -0.15) is 0 Å². The number of hydrogen-bond donors (Lipinski definition) is 1. The Balaban J connectivity index is 1.97. The Labute approximate surface area is 145 Å². The third-order valence-electron chi connectivity index (χ3n) is 3.41. The summed E-state index contributed by atoms with van der Waals surface area (Å²) in [7, 11) is 0. The van der Waals surface area contributed by atoms with Gasteiger partial charge in [-0.05, 0) is 23.6 Å². The number of hydrogen-bond acceptors (Lipinski definition) is 4. The van der Waals surface area contributed by atoms with E-state index in [1.54, 1.807) is 17.3 Å². The van der Waals surface area contributed by atoms with Crippen molar-refractivity contribution in [2.24, 2.45) is 0 Å². The first kappa shape index (κ1) is 18.0. The number of carboxylic acids is 1. The van der Waals surface area contributed by atoms with Crippen LogP contribution in [0.5, 0.6) is 0 Å². The molecule has 24 heavy (non-hydrogen) atoms. The van der Waals surface area contributed by atoms with Crippen LogP contribution in [0.4, 0.5) is 0 Å². The topological polar surface area (TPSA) is 70.5 Å². The second kappa shape index (κ2) is 9.72. The van der Waals surface area contributed by atoms with Crippen LogP contribution in [0.3, 0.4) is 0 Å². The highest BCUT2D eigenvalue weighted by Crippen LogP contribution is 2.10. The summed E-state index contributed by atoms with van der Waals surface area (Å²) < 4.78 is 0. The fourth-order valence-corrected chi connectivity index (χ4v) is 2.86. The van der Waals surface area contributed by atoms with Crippen LogP contribution >= 0.6 is 11.8 Å². The van der Waals surface area contributed by atoms with Crippen molar-refractivity contribution in [3.8, 4) is 0 Å². The lowest BCUT2D eigenvalue weighted by atomic mass is 10.1. The van der Waals surface area contributed by atoms with Crippen LogP contribution < -0.4 is 0 Å². The average Bonchev–Trinajstić information content (AvgIpc) is 2.60. The smallest absolute Gasteiger partial charge is 0.313 e. The highest BCUT2D eigenvalue weighted by molar-refractivity contribution is 8.00.